The summed E-state index contributed by atoms with van der Waals surface area (Å²) >= 11 is 2.61. The number of thiophene rings is 1. The Hall–Kier alpha value is -1.87. The zero-order valence-corrected chi connectivity index (χ0v) is 14.8. The smallest absolute Gasteiger partial charge is 0.340 e. The minimum absolute atomic E-state index is 0.195. The maximum atomic E-state index is 12.1. The van der Waals surface area contributed by atoms with E-state index in [9.17, 15) is 9.59 Å². The molecule has 23 heavy (non-hydrogen) atoms. The highest BCUT2D eigenvalue weighted by molar-refractivity contribution is 7.99. The first-order valence-corrected chi connectivity index (χ1v) is 8.91. The van der Waals surface area contributed by atoms with Crippen molar-refractivity contribution in [1.29, 1.82) is 0 Å². The van der Waals surface area contributed by atoms with E-state index in [4.69, 9.17) is 0 Å². The molecule has 0 saturated heterocycles. The molecule has 0 bridgehead atoms. The molecule has 0 aliphatic rings. The van der Waals surface area contributed by atoms with Crippen molar-refractivity contribution in [3.63, 3.8) is 0 Å². The summed E-state index contributed by atoms with van der Waals surface area (Å²) in [5, 5.41) is 13.8. The number of methoxy groups -OCH3 is 1. The Morgan fingerprint density at radius 2 is 2.22 bits per heavy atom. The monoisotopic (exact) mass is 354 g/mol. The molecule has 0 unspecified atom stereocenters. The first kappa shape index (κ1) is 17.5. The molecule has 0 atom stereocenters. The number of carbonyl (C=O) groups excluding carboxylic acids is 2. The Morgan fingerprint density at radius 1 is 1.43 bits per heavy atom. The van der Waals surface area contributed by atoms with Crippen molar-refractivity contribution >= 4 is 40.0 Å². The van der Waals surface area contributed by atoms with Gasteiger partial charge in [-0.3, -0.25) is 4.79 Å². The van der Waals surface area contributed by atoms with Crippen LogP contribution in [0.5, 0.6) is 0 Å². The second-order valence-corrected chi connectivity index (χ2v) is 6.53. The lowest BCUT2D eigenvalue weighted by atomic mass is 10.3. The molecule has 0 fully saturated rings. The first-order valence-electron chi connectivity index (χ1n) is 7.05. The van der Waals surface area contributed by atoms with Gasteiger partial charge in [-0.05, 0) is 24.8 Å². The van der Waals surface area contributed by atoms with Gasteiger partial charge < -0.3 is 14.6 Å². The molecule has 0 saturated carbocycles. The van der Waals surface area contributed by atoms with Gasteiger partial charge in [0.25, 0.3) is 0 Å². The summed E-state index contributed by atoms with van der Waals surface area (Å²) in [4.78, 5) is 23.7. The van der Waals surface area contributed by atoms with Crippen LogP contribution < -0.4 is 5.32 Å². The van der Waals surface area contributed by atoms with Crippen molar-refractivity contribution in [1.82, 2.24) is 14.8 Å². The van der Waals surface area contributed by atoms with Crippen LogP contribution in [0.4, 0.5) is 5.00 Å². The van der Waals surface area contributed by atoms with E-state index in [0.29, 0.717) is 10.6 Å². The fourth-order valence-electron chi connectivity index (χ4n) is 1.92. The Kier molecular flexibility index (Phi) is 6.17. The molecule has 124 valence electrons. The maximum Gasteiger partial charge on any atom is 0.340 e. The molecule has 2 aromatic heterocycles. The number of hydrogen-bond acceptors (Lipinski definition) is 7. The van der Waals surface area contributed by atoms with Gasteiger partial charge in [0.2, 0.25) is 5.91 Å². The van der Waals surface area contributed by atoms with Gasteiger partial charge in [-0.25, -0.2) is 4.79 Å². The van der Waals surface area contributed by atoms with Crippen molar-refractivity contribution in [2.45, 2.75) is 32.0 Å². The van der Waals surface area contributed by atoms with Crippen LogP contribution in [0.15, 0.2) is 16.6 Å². The molecule has 7 nitrogen and oxygen atoms in total. The van der Waals surface area contributed by atoms with Crippen LogP contribution in [-0.4, -0.2) is 39.5 Å². The van der Waals surface area contributed by atoms with Gasteiger partial charge in [0.05, 0.1) is 18.4 Å². The van der Waals surface area contributed by atoms with Gasteiger partial charge in [-0.2, -0.15) is 0 Å². The summed E-state index contributed by atoms with van der Waals surface area (Å²) in [5.41, 5.74) is 0.362. The topological polar surface area (TPSA) is 86.1 Å². The lowest BCUT2D eigenvalue weighted by molar-refractivity contribution is -0.113. The highest BCUT2D eigenvalue weighted by Gasteiger charge is 2.16. The molecule has 0 aliphatic heterocycles. The van der Waals surface area contributed by atoms with Crippen molar-refractivity contribution < 1.29 is 14.3 Å². The number of rotatable bonds is 7. The van der Waals surface area contributed by atoms with E-state index in [-0.39, 0.29) is 11.7 Å². The fourth-order valence-corrected chi connectivity index (χ4v) is 3.52. The number of nitrogens with one attached hydrogen (secondary N) is 1. The number of amides is 1. The van der Waals surface area contributed by atoms with E-state index in [1.54, 1.807) is 11.4 Å². The Labute approximate surface area is 142 Å². The molecule has 2 aromatic rings. The predicted octanol–water partition coefficient (Wildman–Crippen LogP) is 2.58. The van der Waals surface area contributed by atoms with Gasteiger partial charge in [0.15, 0.2) is 5.16 Å². The Balaban J connectivity index is 1.96. The van der Waals surface area contributed by atoms with Crippen LogP contribution >= 0.6 is 23.1 Å². The van der Waals surface area contributed by atoms with Crippen LogP contribution in [-0.2, 0) is 16.1 Å². The van der Waals surface area contributed by atoms with E-state index < -0.39 is 5.97 Å². The molecule has 0 spiro atoms. The predicted molar refractivity (Wildman–Crippen MR) is 90.1 cm³/mol. The van der Waals surface area contributed by atoms with E-state index in [2.05, 4.69) is 27.2 Å². The van der Waals surface area contributed by atoms with Crippen LogP contribution in [0.1, 0.15) is 29.5 Å². The van der Waals surface area contributed by atoms with Gasteiger partial charge in [-0.1, -0.05) is 18.7 Å². The lowest BCUT2D eigenvalue weighted by Crippen LogP contribution is -2.16. The molecule has 0 radical (unpaired) electrons. The van der Waals surface area contributed by atoms with Crippen molar-refractivity contribution in [3.8, 4) is 0 Å². The van der Waals surface area contributed by atoms with Crippen molar-refractivity contribution in [2.75, 3.05) is 18.2 Å². The van der Waals surface area contributed by atoms with Crippen molar-refractivity contribution in [3.05, 3.63) is 22.8 Å². The molecule has 1 N–H and O–H groups in total. The van der Waals surface area contributed by atoms with Gasteiger partial charge in [0.1, 0.15) is 10.8 Å². The Morgan fingerprint density at radius 3 is 2.91 bits per heavy atom. The number of ether oxygens (including phenoxy) is 1. The van der Waals surface area contributed by atoms with Gasteiger partial charge in [-0.15, -0.1) is 21.5 Å². The number of anilines is 1. The SMILES string of the molecule is CCCn1c(C)nnc1SCC(=O)Nc1sccc1C(=O)OC. The van der Waals surface area contributed by atoms with E-state index in [0.717, 1.165) is 23.9 Å². The summed E-state index contributed by atoms with van der Waals surface area (Å²) in [6.45, 7) is 4.78. The molecule has 1 amide bonds. The van der Waals surface area contributed by atoms with Gasteiger partial charge in [0, 0.05) is 6.54 Å². The molecule has 0 aliphatic carbocycles. The number of aromatic nitrogens is 3. The third-order valence-electron chi connectivity index (χ3n) is 3.00. The molecular weight excluding hydrogens is 336 g/mol. The van der Waals surface area contributed by atoms with Crippen LogP contribution in [0.3, 0.4) is 0 Å². The second kappa shape index (κ2) is 8.11. The van der Waals surface area contributed by atoms with Gasteiger partial charge >= 0.3 is 5.97 Å². The van der Waals surface area contributed by atoms with E-state index >= 15 is 0 Å². The van der Waals surface area contributed by atoms with Crippen LogP contribution in [0.25, 0.3) is 0 Å². The number of aryl methyl sites for hydroxylation is 1. The summed E-state index contributed by atoms with van der Waals surface area (Å²) in [7, 11) is 1.31. The quantitative estimate of drug-likeness (QED) is 0.607. The lowest BCUT2D eigenvalue weighted by Gasteiger charge is -2.07. The number of hydrogen-bond donors (Lipinski definition) is 1. The summed E-state index contributed by atoms with van der Waals surface area (Å²) in [5.74, 6) is 0.361. The first-order chi connectivity index (χ1) is 11.1. The maximum absolute atomic E-state index is 12.1. The number of carbonyl (C=O) groups is 2. The third-order valence-corrected chi connectivity index (χ3v) is 4.80. The average molecular weight is 354 g/mol. The number of esters is 1. The molecule has 2 heterocycles. The number of nitrogens with zero attached hydrogens (tertiary/aromatic N) is 3. The largest absolute Gasteiger partial charge is 0.465 e. The summed E-state index contributed by atoms with van der Waals surface area (Å²) in [6, 6.07) is 1.63. The minimum atomic E-state index is -0.465. The molecule has 0 aromatic carbocycles. The minimum Gasteiger partial charge on any atom is -0.465 e. The fraction of sp³-hybridized carbons (Fsp3) is 0.429. The number of thioether (sulfide) groups is 1. The van der Waals surface area contributed by atoms with E-state index in [1.807, 2.05) is 11.5 Å². The molecule has 2 rings (SSSR count). The third kappa shape index (κ3) is 4.32. The summed E-state index contributed by atoms with van der Waals surface area (Å²) < 4.78 is 6.67. The second-order valence-electron chi connectivity index (χ2n) is 4.67. The van der Waals surface area contributed by atoms with Crippen molar-refractivity contribution in [2.24, 2.45) is 0 Å². The van der Waals surface area contributed by atoms with E-state index in [1.165, 1.54) is 30.2 Å². The zero-order valence-electron chi connectivity index (χ0n) is 13.2. The zero-order chi connectivity index (χ0) is 16.8. The normalized spacial score (nSPS) is 10.6. The Bertz CT molecular complexity index is 696. The highest BCUT2D eigenvalue weighted by atomic mass is 32.2. The standard InChI is InChI=1S/C14H18N4O3S2/c1-4-6-18-9(2)16-17-14(18)23-8-11(19)15-12-10(5-7-22-12)13(20)21-3/h5,7H,4,6,8H2,1-3H3,(H,15,19). The van der Waals surface area contributed by atoms with Crippen LogP contribution in [0, 0.1) is 6.92 Å². The molecule has 9 heteroatoms. The average Bonchev–Trinajstić information content (AvgIpc) is 3.13. The summed E-state index contributed by atoms with van der Waals surface area (Å²) in [6.07, 6.45) is 0.969. The molecular formula is C14H18N4O3S2. The van der Waals surface area contributed by atoms with Crippen LogP contribution in [0.2, 0.25) is 0 Å². The highest BCUT2D eigenvalue weighted by Crippen LogP contribution is 2.25.